The minimum atomic E-state index is -1.24. The molecule has 0 saturated heterocycles. The Morgan fingerprint density at radius 2 is 1.47 bits per heavy atom. The van der Waals surface area contributed by atoms with E-state index in [-0.39, 0.29) is 18.1 Å². The Morgan fingerprint density at radius 3 is 2.00 bits per heavy atom. The SMILES string of the molecule is C=CCc1ccc(OC)c(OC)c1.CC(=O)CCc1ccc(O)cc1.O=C(O)OCc1ccccc1. The van der Waals surface area contributed by atoms with Crippen LogP contribution in [-0.4, -0.2) is 36.4 Å². The molecule has 0 radical (unpaired) electrons. The van der Waals surface area contributed by atoms with Gasteiger partial charge in [-0.1, -0.05) is 54.6 Å². The Kier molecular flexibility index (Phi) is 14.2. The maximum absolute atomic E-state index is 10.6. The number of phenols is 1. The van der Waals surface area contributed by atoms with Crippen molar-refractivity contribution in [3.63, 3.8) is 0 Å². The monoisotopic (exact) mass is 494 g/mol. The van der Waals surface area contributed by atoms with E-state index >= 15 is 0 Å². The van der Waals surface area contributed by atoms with Crippen molar-refractivity contribution in [2.45, 2.75) is 32.8 Å². The quantitative estimate of drug-likeness (QED) is 0.269. The average Bonchev–Trinajstić information content (AvgIpc) is 2.88. The fourth-order valence-corrected chi connectivity index (χ4v) is 2.88. The summed E-state index contributed by atoms with van der Waals surface area (Å²) in [7, 11) is 3.26. The second kappa shape index (κ2) is 17.2. The lowest BCUT2D eigenvalue weighted by atomic mass is 10.1. The summed E-state index contributed by atoms with van der Waals surface area (Å²) in [5.74, 6) is 1.99. The first-order valence-electron chi connectivity index (χ1n) is 11.3. The minimum absolute atomic E-state index is 0.121. The zero-order valence-corrected chi connectivity index (χ0v) is 21.0. The molecule has 0 aliphatic carbocycles. The van der Waals surface area contributed by atoms with Gasteiger partial charge < -0.3 is 29.2 Å². The number of hydrogen-bond donors (Lipinski definition) is 2. The Balaban J connectivity index is 0.000000271. The number of rotatable bonds is 9. The zero-order valence-electron chi connectivity index (χ0n) is 21.0. The van der Waals surface area contributed by atoms with Crippen LogP contribution in [0.5, 0.6) is 17.2 Å². The molecule has 0 atom stereocenters. The topological polar surface area (TPSA) is 102 Å². The van der Waals surface area contributed by atoms with Crippen LogP contribution in [0, 0.1) is 0 Å². The number of hydrogen-bond acceptors (Lipinski definition) is 6. The number of Topliss-reactive ketones (excluding diaryl/α,β-unsaturated/α-hetero) is 1. The van der Waals surface area contributed by atoms with Crippen molar-refractivity contribution in [3.05, 3.63) is 102 Å². The third-order valence-corrected chi connectivity index (χ3v) is 4.74. The van der Waals surface area contributed by atoms with Crippen LogP contribution in [0.1, 0.15) is 30.0 Å². The minimum Gasteiger partial charge on any atom is -0.508 e. The Morgan fingerprint density at radius 1 is 0.861 bits per heavy atom. The molecule has 0 unspecified atom stereocenters. The molecule has 192 valence electrons. The molecule has 3 aromatic rings. The number of phenolic OH excluding ortho intramolecular Hbond substituents is 1. The van der Waals surface area contributed by atoms with Gasteiger partial charge in [0.25, 0.3) is 0 Å². The molecule has 7 heteroatoms. The number of ether oxygens (including phenoxy) is 3. The van der Waals surface area contributed by atoms with Crippen molar-refractivity contribution >= 4 is 11.9 Å². The maximum Gasteiger partial charge on any atom is 0.506 e. The Bertz CT molecular complexity index is 1060. The van der Waals surface area contributed by atoms with E-state index in [1.807, 2.05) is 66.7 Å². The largest absolute Gasteiger partial charge is 0.508 e. The molecule has 0 saturated carbocycles. The van der Waals surface area contributed by atoms with Gasteiger partial charge in [0.2, 0.25) is 0 Å². The van der Waals surface area contributed by atoms with Gasteiger partial charge in [0.1, 0.15) is 18.1 Å². The van der Waals surface area contributed by atoms with Gasteiger partial charge in [-0.05, 0) is 60.7 Å². The first-order chi connectivity index (χ1) is 17.3. The molecule has 0 spiro atoms. The summed E-state index contributed by atoms with van der Waals surface area (Å²) in [5, 5.41) is 17.1. The molecule has 0 heterocycles. The van der Waals surface area contributed by atoms with Gasteiger partial charge in [0.05, 0.1) is 14.2 Å². The summed E-state index contributed by atoms with van der Waals surface area (Å²) in [6.45, 7) is 5.39. The van der Waals surface area contributed by atoms with Crippen LogP contribution in [0.25, 0.3) is 0 Å². The molecule has 0 aliphatic rings. The van der Waals surface area contributed by atoms with Gasteiger partial charge in [-0.25, -0.2) is 4.79 Å². The summed E-state index contributed by atoms with van der Waals surface area (Å²) < 4.78 is 14.6. The van der Waals surface area contributed by atoms with Gasteiger partial charge in [0, 0.05) is 6.42 Å². The molecule has 7 nitrogen and oxygen atoms in total. The summed E-state index contributed by atoms with van der Waals surface area (Å²) in [5.41, 5.74) is 3.12. The van der Waals surface area contributed by atoms with E-state index in [0.29, 0.717) is 6.42 Å². The van der Waals surface area contributed by atoms with Crippen LogP contribution < -0.4 is 9.47 Å². The van der Waals surface area contributed by atoms with E-state index in [1.165, 1.54) is 5.56 Å². The number of carboxylic acid groups (broad SMARTS) is 1. The maximum atomic E-state index is 10.6. The number of methoxy groups -OCH3 is 2. The highest BCUT2D eigenvalue weighted by Crippen LogP contribution is 2.27. The molecule has 2 N–H and O–H groups in total. The van der Waals surface area contributed by atoms with Crippen LogP contribution in [0.3, 0.4) is 0 Å². The van der Waals surface area contributed by atoms with Gasteiger partial charge in [-0.15, -0.1) is 6.58 Å². The molecule has 0 aromatic heterocycles. The lowest BCUT2D eigenvalue weighted by Crippen LogP contribution is -1.99. The van der Waals surface area contributed by atoms with E-state index in [1.54, 1.807) is 33.3 Å². The number of aryl methyl sites for hydroxylation is 1. The molecular weight excluding hydrogens is 460 g/mol. The lowest BCUT2D eigenvalue weighted by molar-refractivity contribution is -0.116. The molecule has 3 aromatic carbocycles. The standard InChI is InChI=1S/C11H14O2.C10H12O2.C8H8O3/c1-4-5-9-6-7-10(12-2)11(8-9)13-3;1-8(11)2-3-9-4-6-10(12)7-5-9;9-8(10)11-6-7-4-2-1-3-5-7/h4,6-8H,1,5H2,2-3H3;4-7,12H,2-3H2,1H3;1-5H,6H2,(H,9,10). The predicted molar refractivity (Wildman–Crippen MR) is 140 cm³/mol. The predicted octanol–water partition coefficient (Wildman–Crippen LogP) is 6.23. The third-order valence-electron chi connectivity index (χ3n) is 4.74. The number of allylic oxidation sites excluding steroid dienone is 1. The molecule has 0 amide bonds. The van der Waals surface area contributed by atoms with E-state index < -0.39 is 6.16 Å². The van der Waals surface area contributed by atoms with Crippen LogP contribution in [0.4, 0.5) is 4.79 Å². The Labute approximate surface area is 212 Å². The molecule has 36 heavy (non-hydrogen) atoms. The number of benzene rings is 3. The summed E-state index contributed by atoms with van der Waals surface area (Å²) in [4.78, 5) is 20.6. The van der Waals surface area contributed by atoms with Crippen molar-refractivity contribution in [1.82, 2.24) is 0 Å². The number of aromatic hydroxyl groups is 1. The lowest BCUT2D eigenvalue weighted by Gasteiger charge is -2.08. The van der Waals surface area contributed by atoms with Crippen molar-refractivity contribution in [2.75, 3.05) is 14.2 Å². The van der Waals surface area contributed by atoms with Crippen LogP contribution >= 0.6 is 0 Å². The highest BCUT2D eigenvalue weighted by atomic mass is 16.7. The van der Waals surface area contributed by atoms with Gasteiger partial charge in [-0.3, -0.25) is 0 Å². The van der Waals surface area contributed by atoms with E-state index in [4.69, 9.17) is 19.7 Å². The molecule has 0 fully saturated rings. The molecule has 0 aliphatic heterocycles. The Hall–Kier alpha value is -4.26. The van der Waals surface area contributed by atoms with Gasteiger partial charge in [-0.2, -0.15) is 0 Å². The van der Waals surface area contributed by atoms with Crippen molar-refractivity contribution in [1.29, 1.82) is 0 Å². The highest BCUT2D eigenvalue weighted by molar-refractivity contribution is 5.75. The number of carbonyl (C=O) groups excluding carboxylic acids is 1. The first kappa shape index (κ1) is 29.8. The zero-order chi connectivity index (χ0) is 26.8. The average molecular weight is 495 g/mol. The fraction of sp³-hybridized carbons (Fsp3) is 0.241. The first-order valence-corrected chi connectivity index (χ1v) is 11.3. The number of carbonyl (C=O) groups is 2. The van der Waals surface area contributed by atoms with Crippen molar-refractivity contribution in [2.24, 2.45) is 0 Å². The van der Waals surface area contributed by atoms with Crippen LogP contribution in [0.15, 0.2) is 85.5 Å². The smallest absolute Gasteiger partial charge is 0.506 e. The summed E-state index contributed by atoms with van der Waals surface area (Å²) in [6, 6.07) is 21.9. The normalized spacial score (nSPS) is 9.42. The molecular formula is C29H34O7. The van der Waals surface area contributed by atoms with Crippen LogP contribution in [-0.2, 0) is 29.0 Å². The second-order valence-electron chi connectivity index (χ2n) is 7.59. The van der Waals surface area contributed by atoms with E-state index in [0.717, 1.165) is 35.5 Å². The fourth-order valence-electron chi connectivity index (χ4n) is 2.88. The molecule has 3 rings (SSSR count). The van der Waals surface area contributed by atoms with Gasteiger partial charge >= 0.3 is 6.16 Å². The summed E-state index contributed by atoms with van der Waals surface area (Å²) in [6.07, 6.45) is 2.80. The second-order valence-corrected chi connectivity index (χ2v) is 7.59. The number of ketones is 1. The van der Waals surface area contributed by atoms with Gasteiger partial charge in [0.15, 0.2) is 11.5 Å². The summed E-state index contributed by atoms with van der Waals surface area (Å²) >= 11 is 0. The highest BCUT2D eigenvalue weighted by Gasteiger charge is 2.02. The van der Waals surface area contributed by atoms with Crippen LogP contribution in [0.2, 0.25) is 0 Å². The third kappa shape index (κ3) is 12.8. The van der Waals surface area contributed by atoms with Crippen molar-refractivity contribution in [3.8, 4) is 17.2 Å². The van der Waals surface area contributed by atoms with Crippen molar-refractivity contribution < 1.29 is 34.0 Å². The molecule has 0 bridgehead atoms. The van der Waals surface area contributed by atoms with E-state index in [2.05, 4.69) is 11.3 Å². The van der Waals surface area contributed by atoms with E-state index in [9.17, 15) is 9.59 Å².